The number of halogens is 1. The fraction of sp³-hybridized carbons (Fsp3) is 0.308. The van der Waals surface area contributed by atoms with Crippen LogP contribution >= 0.6 is 0 Å². The number of carbonyl (C=O) groups excluding carboxylic acids is 1. The van der Waals surface area contributed by atoms with Crippen molar-refractivity contribution in [1.29, 1.82) is 0 Å². The van der Waals surface area contributed by atoms with Gasteiger partial charge in [0, 0.05) is 25.5 Å². The van der Waals surface area contributed by atoms with Crippen LogP contribution in [0.5, 0.6) is 5.75 Å². The summed E-state index contributed by atoms with van der Waals surface area (Å²) in [6.07, 6.45) is 0.555. The van der Waals surface area contributed by atoms with E-state index < -0.39 is 5.82 Å². The lowest BCUT2D eigenvalue weighted by molar-refractivity contribution is -0.118. The van der Waals surface area contributed by atoms with Crippen LogP contribution < -0.4 is 10.1 Å². The Bertz CT molecular complexity index is 460. The zero-order valence-corrected chi connectivity index (χ0v) is 9.84. The van der Waals surface area contributed by atoms with Crippen molar-refractivity contribution in [1.82, 2.24) is 5.32 Å². The number of amides is 1. The maximum absolute atomic E-state index is 13.1. The second-order valence-corrected chi connectivity index (χ2v) is 3.38. The largest absolute Gasteiger partial charge is 0.494 e. The van der Waals surface area contributed by atoms with Crippen molar-refractivity contribution in [3.8, 4) is 17.6 Å². The third-order valence-corrected chi connectivity index (χ3v) is 2.01. The molecular formula is C13H14FNO2. The first-order valence-corrected chi connectivity index (χ1v) is 5.20. The molecule has 0 bridgehead atoms. The molecule has 1 amide bonds. The van der Waals surface area contributed by atoms with E-state index in [2.05, 4.69) is 17.2 Å². The summed E-state index contributed by atoms with van der Waals surface area (Å²) in [5.74, 6) is 5.46. The van der Waals surface area contributed by atoms with Crippen molar-refractivity contribution in [2.24, 2.45) is 0 Å². The minimum Gasteiger partial charge on any atom is -0.494 e. The lowest BCUT2D eigenvalue weighted by Crippen LogP contribution is -2.20. The molecule has 0 atom stereocenters. The second kappa shape index (κ2) is 6.54. The summed E-state index contributed by atoms with van der Waals surface area (Å²) in [5, 5.41) is 2.64. The molecular weight excluding hydrogens is 221 g/mol. The van der Waals surface area contributed by atoms with Crippen LogP contribution in [0.4, 0.5) is 4.39 Å². The highest BCUT2D eigenvalue weighted by Crippen LogP contribution is 2.17. The molecule has 0 fully saturated rings. The molecule has 0 saturated carbocycles. The number of hydrogen-bond acceptors (Lipinski definition) is 2. The summed E-state index contributed by atoms with van der Waals surface area (Å²) < 4.78 is 17.9. The van der Waals surface area contributed by atoms with Crippen molar-refractivity contribution >= 4 is 5.91 Å². The van der Waals surface area contributed by atoms with E-state index in [4.69, 9.17) is 4.74 Å². The Labute approximate surface area is 100.0 Å². The van der Waals surface area contributed by atoms with Crippen LogP contribution in [0.2, 0.25) is 0 Å². The zero-order chi connectivity index (χ0) is 12.7. The minimum absolute atomic E-state index is 0.0738. The van der Waals surface area contributed by atoms with E-state index in [9.17, 15) is 9.18 Å². The number of carbonyl (C=O) groups is 1. The Morgan fingerprint density at radius 2 is 2.29 bits per heavy atom. The van der Waals surface area contributed by atoms with E-state index in [-0.39, 0.29) is 11.7 Å². The fourth-order valence-corrected chi connectivity index (χ4v) is 1.20. The maximum atomic E-state index is 13.1. The summed E-state index contributed by atoms with van der Waals surface area (Å²) in [6, 6.07) is 4.45. The SMILES string of the molecule is COc1cc(C#CCCNC(C)=O)ccc1F. The minimum atomic E-state index is -0.406. The van der Waals surface area contributed by atoms with Crippen molar-refractivity contribution in [2.75, 3.05) is 13.7 Å². The molecule has 4 heteroatoms. The molecule has 0 spiro atoms. The molecule has 17 heavy (non-hydrogen) atoms. The van der Waals surface area contributed by atoms with Crippen LogP contribution in [-0.4, -0.2) is 19.6 Å². The average molecular weight is 235 g/mol. The highest BCUT2D eigenvalue weighted by Gasteiger charge is 2.01. The lowest BCUT2D eigenvalue weighted by atomic mass is 10.2. The molecule has 0 aliphatic carbocycles. The number of nitrogens with one attached hydrogen (secondary N) is 1. The second-order valence-electron chi connectivity index (χ2n) is 3.38. The highest BCUT2D eigenvalue weighted by molar-refractivity contribution is 5.72. The third kappa shape index (κ3) is 4.56. The average Bonchev–Trinajstić information content (AvgIpc) is 2.30. The molecule has 1 rings (SSSR count). The molecule has 1 N–H and O–H groups in total. The fourth-order valence-electron chi connectivity index (χ4n) is 1.20. The number of ether oxygens (including phenoxy) is 1. The topological polar surface area (TPSA) is 38.3 Å². The van der Waals surface area contributed by atoms with Gasteiger partial charge in [0.2, 0.25) is 5.91 Å². The molecule has 0 saturated heterocycles. The Hall–Kier alpha value is -2.02. The summed E-state index contributed by atoms with van der Waals surface area (Å²) in [7, 11) is 1.41. The van der Waals surface area contributed by atoms with Gasteiger partial charge in [-0.3, -0.25) is 4.79 Å². The molecule has 0 aromatic heterocycles. The maximum Gasteiger partial charge on any atom is 0.216 e. The summed E-state index contributed by atoms with van der Waals surface area (Å²) >= 11 is 0. The van der Waals surface area contributed by atoms with Gasteiger partial charge in [-0.2, -0.15) is 0 Å². The number of rotatable bonds is 3. The molecule has 1 aromatic carbocycles. The van der Waals surface area contributed by atoms with E-state index in [1.54, 1.807) is 12.1 Å². The van der Waals surface area contributed by atoms with E-state index in [0.29, 0.717) is 18.5 Å². The van der Waals surface area contributed by atoms with Gasteiger partial charge in [-0.15, -0.1) is 0 Å². The number of benzene rings is 1. The summed E-state index contributed by atoms with van der Waals surface area (Å²) in [6.45, 7) is 1.97. The monoisotopic (exact) mass is 235 g/mol. The van der Waals surface area contributed by atoms with Gasteiger partial charge in [-0.25, -0.2) is 4.39 Å². The highest BCUT2D eigenvalue weighted by atomic mass is 19.1. The van der Waals surface area contributed by atoms with Crippen molar-refractivity contribution in [3.05, 3.63) is 29.6 Å². The van der Waals surface area contributed by atoms with Crippen LogP contribution in [-0.2, 0) is 4.79 Å². The van der Waals surface area contributed by atoms with Gasteiger partial charge < -0.3 is 10.1 Å². The first-order valence-electron chi connectivity index (χ1n) is 5.20. The first-order chi connectivity index (χ1) is 8.13. The van der Waals surface area contributed by atoms with Gasteiger partial charge in [-0.05, 0) is 18.2 Å². The van der Waals surface area contributed by atoms with Gasteiger partial charge in [-0.1, -0.05) is 11.8 Å². The Balaban J connectivity index is 2.57. The van der Waals surface area contributed by atoms with Crippen LogP contribution in [0.15, 0.2) is 18.2 Å². The third-order valence-electron chi connectivity index (χ3n) is 2.01. The normalized spacial score (nSPS) is 9.12. The van der Waals surface area contributed by atoms with Crippen molar-refractivity contribution in [2.45, 2.75) is 13.3 Å². The predicted octanol–water partition coefficient (Wildman–Crippen LogP) is 1.71. The van der Waals surface area contributed by atoms with Gasteiger partial charge in [0.05, 0.1) is 7.11 Å². The first kappa shape index (κ1) is 13.0. The molecule has 0 unspecified atom stereocenters. The molecule has 0 aliphatic rings. The Morgan fingerprint density at radius 1 is 1.53 bits per heavy atom. The molecule has 1 aromatic rings. The Morgan fingerprint density at radius 3 is 2.94 bits per heavy atom. The van der Waals surface area contributed by atoms with Crippen LogP contribution in [0, 0.1) is 17.7 Å². The van der Waals surface area contributed by atoms with Gasteiger partial charge in [0.15, 0.2) is 11.6 Å². The zero-order valence-electron chi connectivity index (χ0n) is 9.84. The van der Waals surface area contributed by atoms with Crippen molar-refractivity contribution < 1.29 is 13.9 Å². The smallest absolute Gasteiger partial charge is 0.216 e. The van der Waals surface area contributed by atoms with E-state index in [1.165, 1.54) is 20.1 Å². The molecule has 0 radical (unpaired) electrons. The van der Waals surface area contributed by atoms with Gasteiger partial charge in [0.1, 0.15) is 0 Å². The Kier molecular flexibility index (Phi) is 5.02. The number of hydrogen-bond donors (Lipinski definition) is 1. The molecule has 3 nitrogen and oxygen atoms in total. The summed E-state index contributed by atoms with van der Waals surface area (Å²) in [4.78, 5) is 10.6. The van der Waals surface area contributed by atoms with Crippen molar-refractivity contribution in [3.63, 3.8) is 0 Å². The van der Waals surface area contributed by atoms with Gasteiger partial charge in [0.25, 0.3) is 0 Å². The molecule has 90 valence electrons. The predicted molar refractivity (Wildman–Crippen MR) is 63.1 cm³/mol. The van der Waals surface area contributed by atoms with E-state index >= 15 is 0 Å². The molecule has 0 aliphatic heterocycles. The van der Waals surface area contributed by atoms with Crippen LogP contribution in [0.25, 0.3) is 0 Å². The standard InChI is InChI=1S/C13H14FNO2/c1-10(16)15-8-4-3-5-11-6-7-12(14)13(9-11)17-2/h6-7,9H,4,8H2,1-2H3,(H,15,16). The number of methoxy groups -OCH3 is 1. The summed E-state index contributed by atoms with van der Waals surface area (Å²) in [5.41, 5.74) is 0.686. The quantitative estimate of drug-likeness (QED) is 0.640. The van der Waals surface area contributed by atoms with Crippen LogP contribution in [0.1, 0.15) is 18.9 Å². The lowest BCUT2D eigenvalue weighted by Gasteiger charge is -2.01. The van der Waals surface area contributed by atoms with E-state index in [1.807, 2.05) is 0 Å². The van der Waals surface area contributed by atoms with Gasteiger partial charge >= 0.3 is 0 Å². The van der Waals surface area contributed by atoms with Crippen LogP contribution in [0.3, 0.4) is 0 Å². The molecule has 0 heterocycles. The van der Waals surface area contributed by atoms with E-state index in [0.717, 1.165) is 0 Å².